The average molecular weight is 280 g/mol. The molecule has 0 atom stereocenters. The summed E-state index contributed by atoms with van der Waals surface area (Å²) >= 11 is 0. The third-order valence-electron chi connectivity index (χ3n) is 4.34. The smallest absolute Gasteiger partial charge is 0.248 e. The standard InChI is InChI=1S/C15H18F2N2O/c16-15(17)6-3-11(4-7-15)14(20)19-8-5-10-1-2-12(18)9-13(10)19/h1-2,9,11H,3-8,18H2. The molecule has 5 heteroatoms. The van der Waals surface area contributed by atoms with Crippen LogP contribution in [-0.2, 0) is 11.2 Å². The molecule has 1 aromatic rings. The molecule has 0 bridgehead atoms. The number of carbonyl (C=O) groups excluding carboxylic acids is 1. The van der Waals surface area contributed by atoms with Gasteiger partial charge in [0, 0.05) is 36.7 Å². The fourth-order valence-corrected chi connectivity index (χ4v) is 3.13. The summed E-state index contributed by atoms with van der Waals surface area (Å²) in [6, 6.07) is 5.57. The van der Waals surface area contributed by atoms with Gasteiger partial charge in [0.05, 0.1) is 0 Å². The number of alkyl halides is 2. The fourth-order valence-electron chi connectivity index (χ4n) is 3.13. The maximum atomic E-state index is 13.2. The Kier molecular flexibility index (Phi) is 3.15. The van der Waals surface area contributed by atoms with Gasteiger partial charge in [0.2, 0.25) is 11.8 Å². The number of benzene rings is 1. The van der Waals surface area contributed by atoms with Gasteiger partial charge in [-0.15, -0.1) is 0 Å². The van der Waals surface area contributed by atoms with Gasteiger partial charge in [-0.05, 0) is 37.0 Å². The number of rotatable bonds is 1. The lowest BCUT2D eigenvalue weighted by atomic mass is 9.86. The minimum atomic E-state index is -2.59. The molecule has 3 nitrogen and oxygen atoms in total. The minimum Gasteiger partial charge on any atom is -0.399 e. The molecule has 0 aromatic heterocycles. The highest BCUT2D eigenvalue weighted by Crippen LogP contribution is 2.39. The van der Waals surface area contributed by atoms with Crippen molar-refractivity contribution in [2.24, 2.45) is 5.92 Å². The fraction of sp³-hybridized carbons (Fsp3) is 0.533. The number of hydrogen-bond donors (Lipinski definition) is 1. The van der Waals surface area contributed by atoms with Crippen LogP contribution in [0, 0.1) is 5.92 Å². The molecule has 1 fully saturated rings. The molecule has 108 valence electrons. The van der Waals surface area contributed by atoms with E-state index >= 15 is 0 Å². The Labute approximate surface area is 116 Å². The van der Waals surface area contributed by atoms with E-state index in [-0.39, 0.29) is 37.5 Å². The van der Waals surface area contributed by atoms with Crippen LogP contribution in [0.3, 0.4) is 0 Å². The molecule has 1 aromatic carbocycles. The normalized spacial score (nSPS) is 21.8. The highest BCUT2D eigenvalue weighted by molar-refractivity contribution is 5.97. The van der Waals surface area contributed by atoms with Gasteiger partial charge in [-0.3, -0.25) is 4.79 Å². The third kappa shape index (κ3) is 2.37. The Morgan fingerprint density at radius 1 is 1.30 bits per heavy atom. The number of carbonyl (C=O) groups is 1. The molecule has 0 radical (unpaired) electrons. The van der Waals surface area contributed by atoms with E-state index in [1.54, 1.807) is 11.0 Å². The van der Waals surface area contributed by atoms with Crippen LogP contribution in [0.1, 0.15) is 31.2 Å². The van der Waals surface area contributed by atoms with E-state index in [9.17, 15) is 13.6 Å². The largest absolute Gasteiger partial charge is 0.399 e. The SMILES string of the molecule is Nc1ccc2c(c1)N(C(=O)C1CCC(F)(F)CC1)CC2. The zero-order valence-corrected chi connectivity index (χ0v) is 11.2. The van der Waals surface area contributed by atoms with E-state index < -0.39 is 5.92 Å². The first-order chi connectivity index (χ1) is 9.46. The predicted molar refractivity (Wildman–Crippen MR) is 73.8 cm³/mol. The Hall–Kier alpha value is -1.65. The monoisotopic (exact) mass is 280 g/mol. The van der Waals surface area contributed by atoms with Crippen molar-refractivity contribution in [2.75, 3.05) is 17.2 Å². The number of anilines is 2. The second-order valence-corrected chi connectivity index (χ2v) is 5.76. The zero-order valence-electron chi connectivity index (χ0n) is 11.2. The molecule has 2 N–H and O–H groups in total. The lowest BCUT2D eigenvalue weighted by Crippen LogP contribution is -2.38. The maximum absolute atomic E-state index is 13.2. The lowest BCUT2D eigenvalue weighted by molar-refractivity contribution is -0.126. The first-order valence-electron chi connectivity index (χ1n) is 7.04. The second kappa shape index (κ2) is 4.72. The number of nitrogens with two attached hydrogens (primary N) is 1. The van der Waals surface area contributed by atoms with Crippen molar-refractivity contribution in [2.45, 2.75) is 38.0 Å². The van der Waals surface area contributed by atoms with Crippen LogP contribution in [0.4, 0.5) is 20.2 Å². The van der Waals surface area contributed by atoms with Gasteiger partial charge >= 0.3 is 0 Å². The van der Waals surface area contributed by atoms with Crippen molar-refractivity contribution in [3.63, 3.8) is 0 Å². The van der Waals surface area contributed by atoms with Crippen molar-refractivity contribution in [3.05, 3.63) is 23.8 Å². The van der Waals surface area contributed by atoms with E-state index in [2.05, 4.69) is 0 Å². The molecular weight excluding hydrogens is 262 g/mol. The van der Waals surface area contributed by atoms with Crippen LogP contribution in [0.5, 0.6) is 0 Å². The van der Waals surface area contributed by atoms with Crippen LogP contribution >= 0.6 is 0 Å². The maximum Gasteiger partial charge on any atom is 0.248 e. The molecule has 1 aliphatic heterocycles. The van der Waals surface area contributed by atoms with Gasteiger partial charge in [0.1, 0.15) is 0 Å². The third-order valence-corrected chi connectivity index (χ3v) is 4.34. The number of amides is 1. The number of halogens is 2. The summed E-state index contributed by atoms with van der Waals surface area (Å²) in [5.41, 5.74) is 8.35. The van der Waals surface area contributed by atoms with Gasteiger partial charge in [0.15, 0.2) is 0 Å². The summed E-state index contributed by atoms with van der Waals surface area (Å²) in [4.78, 5) is 14.2. The number of hydrogen-bond acceptors (Lipinski definition) is 2. The molecule has 0 spiro atoms. The van der Waals surface area contributed by atoms with Crippen LogP contribution < -0.4 is 10.6 Å². The molecule has 3 rings (SSSR count). The number of fused-ring (bicyclic) bond motifs is 1. The summed E-state index contributed by atoms with van der Waals surface area (Å²) in [7, 11) is 0. The van der Waals surface area contributed by atoms with Gasteiger partial charge in [0.25, 0.3) is 0 Å². The Morgan fingerprint density at radius 2 is 2.00 bits per heavy atom. The van der Waals surface area contributed by atoms with Gasteiger partial charge in [-0.25, -0.2) is 8.78 Å². The Balaban J connectivity index is 1.76. The minimum absolute atomic E-state index is 0.0233. The van der Waals surface area contributed by atoms with Crippen LogP contribution in [-0.4, -0.2) is 18.4 Å². The van der Waals surface area contributed by atoms with Crippen molar-refractivity contribution in [1.82, 2.24) is 0 Å². The number of nitrogens with zero attached hydrogens (tertiary/aromatic N) is 1. The molecule has 0 unspecified atom stereocenters. The molecule has 20 heavy (non-hydrogen) atoms. The lowest BCUT2D eigenvalue weighted by Gasteiger charge is -2.30. The van der Waals surface area contributed by atoms with E-state index in [0.717, 1.165) is 17.7 Å². The van der Waals surface area contributed by atoms with Gasteiger partial charge < -0.3 is 10.6 Å². The van der Waals surface area contributed by atoms with E-state index in [1.165, 1.54) is 0 Å². The summed E-state index contributed by atoms with van der Waals surface area (Å²) in [6.45, 7) is 0.629. The van der Waals surface area contributed by atoms with Gasteiger partial charge in [-0.2, -0.15) is 0 Å². The van der Waals surface area contributed by atoms with E-state index in [4.69, 9.17) is 5.73 Å². The quantitative estimate of drug-likeness (QED) is 0.804. The molecule has 1 heterocycles. The summed E-state index contributed by atoms with van der Waals surface area (Å²) in [6.07, 6.45) is 1.01. The zero-order chi connectivity index (χ0) is 14.3. The van der Waals surface area contributed by atoms with Crippen LogP contribution in [0.15, 0.2) is 18.2 Å². The summed E-state index contributed by atoms with van der Waals surface area (Å²) in [5, 5.41) is 0. The topological polar surface area (TPSA) is 46.3 Å². The molecule has 0 saturated heterocycles. The second-order valence-electron chi connectivity index (χ2n) is 5.76. The van der Waals surface area contributed by atoms with Crippen LogP contribution in [0.2, 0.25) is 0 Å². The van der Waals surface area contributed by atoms with Crippen molar-refractivity contribution in [3.8, 4) is 0 Å². The molecule has 1 aliphatic carbocycles. The summed E-state index contributed by atoms with van der Waals surface area (Å²) in [5.74, 6) is -2.89. The molecule has 2 aliphatic rings. The number of nitrogen functional groups attached to an aromatic ring is 1. The van der Waals surface area contributed by atoms with Gasteiger partial charge in [-0.1, -0.05) is 6.07 Å². The van der Waals surface area contributed by atoms with Crippen molar-refractivity contribution < 1.29 is 13.6 Å². The average Bonchev–Trinajstić information content (AvgIpc) is 2.81. The molecular formula is C15H18F2N2O. The predicted octanol–water partition coefficient (Wildman–Crippen LogP) is 2.98. The first kappa shape index (κ1) is 13.3. The van der Waals surface area contributed by atoms with Crippen molar-refractivity contribution in [1.29, 1.82) is 0 Å². The van der Waals surface area contributed by atoms with E-state index in [0.29, 0.717) is 12.2 Å². The first-order valence-corrected chi connectivity index (χ1v) is 7.04. The Bertz CT molecular complexity index is 535. The van der Waals surface area contributed by atoms with E-state index in [1.807, 2.05) is 12.1 Å². The Morgan fingerprint density at radius 3 is 2.70 bits per heavy atom. The van der Waals surface area contributed by atoms with Crippen LogP contribution in [0.25, 0.3) is 0 Å². The summed E-state index contributed by atoms with van der Waals surface area (Å²) < 4.78 is 26.3. The highest BCUT2D eigenvalue weighted by atomic mass is 19.3. The highest BCUT2D eigenvalue weighted by Gasteiger charge is 2.39. The molecule has 1 amide bonds. The van der Waals surface area contributed by atoms with Crippen molar-refractivity contribution >= 4 is 17.3 Å². The molecule has 1 saturated carbocycles.